The van der Waals surface area contributed by atoms with Gasteiger partial charge in [0.1, 0.15) is 5.75 Å². The molecule has 0 aliphatic rings. The highest BCUT2D eigenvalue weighted by molar-refractivity contribution is 6.09. The average Bonchev–Trinajstić information content (AvgIpc) is 2.54. The van der Waals surface area contributed by atoms with Crippen LogP contribution in [0.25, 0.3) is 11.1 Å². The average molecular weight is 296 g/mol. The van der Waals surface area contributed by atoms with Gasteiger partial charge in [0, 0.05) is 30.1 Å². The normalized spacial score (nSPS) is 11.1. The molecule has 0 fully saturated rings. The summed E-state index contributed by atoms with van der Waals surface area (Å²) in [6.45, 7) is 0.718. The van der Waals surface area contributed by atoms with Crippen LogP contribution in [0.2, 0.25) is 0 Å². The zero-order valence-electron chi connectivity index (χ0n) is 13.1. The van der Waals surface area contributed by atoms with Gasteiger partial charge >= 0.3 is 0 Å². The maximum atomic E-state index is 12.4. The van der Waals surface area contributed by atoms with E-state index in [4.69, 9.17) is 4.74 Å². The summed E-state index contributed by atoms with van der Waals surface area (Å²) in [6, 6.07) is 9.49. The summed E-state index contributed by atoms with van der Waals surface area (Å²) in [6.07, 6.45) is 6.73. The topological polar surface area (TPSA) is 42.4 Å². The molecule has 0 spiro atoms. The fraction of sp³-hybridized carbons (Fsp3) is 0.222. The Balaban J connectivity index is 2.39. The van der Waals surface area contributed by atoms with E-state index in [1.54, 1.807) is 25.6 Å². The zero-order chi connectivity index (χ0) is 15.9. The van der Waals surface area contributed by atoms with Crippen LogP contribution in [0.5, 0.6) is 5.75 Å². The number of carbonyl (C=O) groups is 1. The number of para-hydroxylation sites is 1. The van der Waals surface area contributed by atoms with Crippen LogP contribution in [0.15, 0.2) is 54.9 Å². The first-order chi connectivity index (χ1) is 10.6. The van der Waals surface area contributed by atoms with Gasteiger partial charge in [-0.15, -0.1) is 0 Å². The second-order valence-corrected chi connectivity index (χ2v) is 5.15. The highest BCUT2D eigenvalue weighted by Crippen LogP contribution is 2.31. The van der Waals surface area contributed by atoms with Crippen molar-refractivity contribution in [3.63, 3.8) is 0 Å². The first kappa shape index (κ1) is 15.9. The molecule has 1 heterocycles. The summed E-state index contributed by atoms with van der Waals surface area (Å²) in [5.41, 5.74) is 2.28. The summed E-state index contributed by atoms with van der Waals surface area (Å²) >= 11 is 0. The van der Waals surface area contributed by atoms with Crippen molar-refractivity contribution in [2.24, 2.45) is 0 Å². The molecule has 2 rings (SSSR count). The van der Waals surface area contributed by atoms with E-state index in [1.807, 2.05) is 55.4 Å². The number of ether oxygens (including phenoxy) is 1. The van der Waals surface area contributed by atoms with Crippen LogP contribution in [0.4, 0.5) is 0 Å². The molecule has 0 N–H and O–H groups in total. The number of likely N-dealkylation sites (N-methyl/N-ethyl adjacent to an activating group) is 1. The first-order valence-electron chi connectivity index (χ1n) is 7.06. The number of methoxy groups -OCH3 is 1. The van der Waals surface area contributed by atoms with Gasteiger partial charge in [-0.3, -0.25) is 9.78 Å². The number of ketones is 1. The Bertz CT molecular complexity index is 678. The van der Waals surface area contributed by atoms with Crippen molar-refractivity contribution in [3.8, 4) is 16.9 Å². The smallest absolute Gasteiger partial charge is 0.187 e. The standard InChI is InChI=1S/C18H20N2O2/c1-20(2)12-6-8-17(21)16-13-19-11-10-14(16)15-7-4-5-9-18(15)22-3/h4-11,13H,12H2,1-3H3/b8-6+. The van der Waals surface area contributed by atoms with Crippen molar-refractivity contribution in [2.45, 2.75) is 0 Å². The Morgan fingerprint density at radius 1 is 1.23 bits per heavy atom. The van der Waals surface area contributed by atoms with E-state index in [1.165, 1.54) is 0 Å². The number of hydrogen-bond acceptors (Lipinski definition) is 4. The number of pyridine rings is 1. The van der Waals surface area contributed by atoms with Crippen LogP contribution < -0.4 is 4.74 Å². The van der Waals surface area contributed by atoms with Gasteiger partial charge in [0.15, 0.2) is 5.78 Å². The van der Waals surface area contributed by atoms with E-state index >= 15 is 0 Å². The lowest BCUT2D eigenvalue weighted by Crippen LogP contribution is -2.11. The fourth-order valence-electron chi connectivity index (χ4n) is 2.15. The summed E-state index contributed by atoms with van der Waals surface area (Å²) < 4.78 is 5.39. The van der Waals surface area contributed by atoms with Crippen molar-refractivity contribution in [2.75, 3.05) is 27.7 Å². The number of rotatable bonds is 6. The Morgan fingerprint density at radius 3 is 2.73 bits per heavy atom. The van der Waals surface area contributed by atoms with Gasteiger partial charge in [0.05, 0.1) is 7.11 Å². The second kappa shape index (κ2) is 7.52. The van der Waals surface area contributed by atoms with E-state index in [2.05, 4.69) is 4.98 Å². The lowest BCUT2D eigenvalue weighted by atomic mass is 9.98. The largest absolute Gasteiger partial charge is 0.496 e. The molecule has 0 saturated carbocycles. The second-order valence-electron chi connectivity index (χ2n) is 5.15. The number of carbonyl (C=O) groups excluding carboxylic acids is 1. The number of aromatic nitrogens is 1. The molecule has 1 aromatic heterocycles. The van der Waals surface area contributed by atoms with Crippen LogP contribution in [0, 0.1) is 0 Å². The van der Waals surface area contributed by atoms with Gasteiger partial charge in [-0.05, 0) is 37.9 Å². The summed E-state index contributed by atoms with van der Waals surface area (Å²) in [7, 11) is 5.54. The van der Waals surface area contributed by atoms with Gasteiger partial charge in [-0.2, -0.15) is 0 Å². The first-order valence-corrected chi connectivity index (χ1v) is 7.06. The lowest BCUT2D eigenvalue weighted by Gasteiger charge is -2.11. The molecular formula is C18H20N2O2. The number of hydrogen-bond donors (Lipinski definition) is 0. The molecule has 2 aromatic rings. The minimum atomic E-state index is -0.0594. The summed E-state index contributed by atoms with van der Waals surface area (Å²) in [5, 5.41) is 0. The zero-order valence-corrected chi connectivity index (χ0v) is 13.1. The molecule has 1 aromatic carbocycles. The molecule has 4 heteroatoms. The van der Waals surface area contributed by atoms with Crippen LogP contribution in [0.3, 0.4) is 0 Å². The molecule has 114 valence electrons. The third kappa shape index (κ3) is 3.80. The minimum Gasteiger partial charge on any atom is -0.496 e. The molecule has 0 saturated heterocycles. The van der Waals surface area contributed by atoms with Gasteiger partial charge < -0.3 is 9.64 Å². The van der Waals surface area contributed by atoms with Crippen molar-refractivity contribution >= 4 is 5.78 Å². The van der Waals surface area contributed by atoms with E-state index < -0.39 is 0 Å². The number of allylic oxidation sites excluding steroid dienone is 1. The lowest BCUT2D eigenvalue weighted by molar-refractivity contribution is 0.104. The van der Waals surface area contributed by atoms with E-state index in [0.717, 1.165) is 23.4 Å². The monoisotopic (exact) mass is 296 g/mol. The maximum absolute atomic E-state index is 12.4. The van der Waals surface area contributed by atoms with Crippen molar-refractivity contribution < 1.29 is 9.53 Å². The molecular weight excluding hydrogens is 276 g/mol. The van der Waals surface area contributed by atoms with Crippen molar-refractivity contribution in [3.05, 3.63) is 60.4 Å². The third-order valence-corrected chi connectivity index (χ3v) is 3.22. The molecule has 0 radical (unpaired) electrons. The highest BCUT2D eigenvalue weighted by Gasteiger charge is 2.13. The summed E-state index contributed by atoms with van der Waals surface area (Å²) in [5.74, 6) is 0.677. The van der Waals surface area contributed by atoms with Gasteiger partial charge in [0.2, 0.25) is 0 Å². The Morgan fingerprint density at radius 2 is 2.00 bits per heavy atom. The summed E-state index contributed by atoms with van der Waals surface area (Å²) in [4.78, 5) is 18.5. The Kier molecular flexibility index (Phi) is 5.44. The molecule has 0 bridgehead atoms. The van der Waals surface area contributed by atoms with Crippen LogP contribution in [0.1, 0.15) is 10.4 Å². The number of nitrogens with zero attached hydrogens (tertiary/aromatic N) is 2. The molecule has 4 nitrogen and oxygen atoms in total. The molecule has 0 aliphatic heterocycles. The van der Waals surface area contributed by atoms with Crippen molar-refractivity contribution in [1.29, 1.82) is 0 Å². The van der Waals surface area contributed by atoms with Gasteiger partial charge in [-0.25, -0.2) is 0 Å². The Hall–Kier alpha value is -2.46. The van der Waals surface area contributed by atoms with Gasteiger partial charge in [-0.1, -0.05) is 24.3 Å². The molecule has 0 amide bonds. The van der Waals surface area contributed by atoms with E-state index in [0.29, 0.717) is 5.56 Å². The van der Waals surface area contributed by atoms with Gasteiger partial charge in [0.25, 0.3) is 0 Å². The predicted molar refractivity (Wildman–Crippen MR) is 88.2 cm³/mol. The van der Waals surface area contributed by atoms with Crippen LogP contribution in [-0.2, 0) is 0 Å². The molecule has 0 atom stereocenters. The van der Waals surface area contributed by atoms with E-state index in [-0.39, 0.29) is 5.78 Å². The minimum absolute atomic E-state index is 0.0594. The molecule has 0 unspecified atom stereocenters. The number of benzene rings is 1. The quantitative estimate of drug-likeness (QED) is 0.607. The van der Waals surface area contributed by atoms with Crippen LogP contribution in [-0.4, -0.2) is 43.4 Å². The van der Waals surface area contributed by atoms with Crippen molar-refractivity contribution in [1.82, 2.24) is 9.88 Å². The maximum Gasteiger partial charge on any atom is 0.187 e. The SMILES string of the molecule is COc1ccccc1-c1ccncc1C(=O)/C=C/CN(C)C. The highest BCUT2D eigenvalue weighted by atomic mass is 16.5. The van der Waals surface area contributed by atoms with Crippen LogP contribution >= 0.6 is 0 Å². The third-order valence-electron chi connectivity index (χ3n) is 3.22. The fourth-order valence-corrected chi connectivity index (χ4v) is 2.15. The molecule has 0 aliphatic carbocycles. The molecule has 22 heavy (non-hydrogen) atoms. The van der Waals surface area contributed by atoms with E-state index in [9.17, 15) is 4.79 Å². The predicted octanol–water partition coefficient (Wildman–Crippen LogP) is 3.06. The Labute approximate surface area is 131 Å².